The van der Waals surface area contributed by atoms with Gasteiger partial charge < -0.3 is 10.0 Å². The van der Waals surface area contributed by atoms with Crippen LogP contribution in [0.3, 0.4) is 0 Å². The number of aliphatic hydroxyl groups excluding tert-OH is 1. The first kappa shape index (κ1) is 7.95. The summed E-state index contributed by atoms with van der Waals surface area (Å²) in [6.07, 6.45) is 1.39. The maximum atomic E-state index is 13.0. The van der Waals surface area contributed by atoms with Crippen molar-refractivity contribution in [3.05, 3.63) is 0 Å². The molecule has 1 aliphatic rings. The van der Waals surface area contributed by atoms with Gasteiger partial charge in [0.15, 0.2) is 0 Å². The Kier molecular flexibility index (Phi) is 2.26. The summed E-state index contributed by atoms with van der Waals surface area (Å²) in [7, 11) is 1.83. The van der Waals surface area contributed by atoms with Crippen LogP contribution in [0.5, 0.6) is 0 Å². The average molecular weight is 147 g/mol. The van der Waals surface area contributed by atoms with Crippen molar-refractivity contribution in [2.45, 2.75) is 18.5 Å². The molecule has 10 heavy (non-hydrogen) atoms. The minimum Gasteiger partial charge on any atom is -0.395 e. The lowest BCUT2D eigenvalue weighted by molar-refractivity contribution is 0.168. The highest BCUT2D eigenvalue weighted by Crippen LogP contribution is 2.39. The van der Waals surface area contributed by atoms with E-state index in [0.29, 0.717) is 25.9 Å². The Morgan fingerprint density at radius 3 is 2.60 bits per heavy atom. The molecule has 1 fully saturated rings. The summed E-state index contributed by atoms with van der Waals surface area (Å²) in [6, 6.07) is 0. The molecule has 3 heteroatoms. The van der Waals surface area contributed by atoms with E-state index in [4.69, 9.17) is 5.11 Å². The third-order valence-electron chi connectivity index (χ3n) is 1.83. The number of aliphatic hydroxyl groups is 1. The van der Waals surface area contributed by atoms with Crippen molar-refractivity contribution in [2.75, 3.05) is 26.7 Å². The molecule has 1 aliphatic carbocycles. The summed E-state index contributed by atoms with van der Waals surface area (Å²) >= 11 is 0. The molecule has 0 saturated heterocycles. The molecule has 0 unspecified atom stereocenters. The molecule has 0 aliphatic heterocycles. The zero-order valence-electron chi connectivity index (χ0n) is 6.31. The second kappa shape index (κ2) is 2.84. The highest BCUT2D eigenvalue weighted by atomic mass is 19.1. The van der Waals surface area contributed by atoms with Gasteiger partial charge >= 0.3 is 0 Å². The molecule has 1 rings (SSSR count). The van der Waals surface area contributed by atoms with Crippen LogP contribution in [0.25, 0.3) is 0 Å². The van der Waals surface area contributed by atoms with E-state index in [1.807, 2.05) is 11.9 Å². The number of hydrogen-bond acceptors (Lipinski definition) is 2. The Morgan fingerprint density at radius 2 is 2.20 bits per heavy atom. The van der Waals surface area contributed by atoms with Gasteiger partial charge in [-0.1, -0.05) is 0 Å². The van der Waals surface area contributed by atoms with E-state index < -0.39 is 5.67 Å². The van der Waals surface area contributed by atoms with Crippen molar-refractivity contribution in [3.63, 3.8) is 0 Å². The summed E-state index contributed by atoms with van der Waals surface area (Å²) in [4.78, 5) is 1.83. The maximum Gasteiger partial charge on any atom is 0.123 e. The highest BCUT2D eigenvalue weighted by molar-refractivity contribution is 4.96. The van der Waals surface area contributed by atoms with Gasteiger partial charge in [-0.15, -0.1) is 0 Å². The van der Waals surface area contributed by atoms with Crippen molar-refractivity contribution < 1.29 is 9.50 Å². The van der Waals surface area contributed by atoms with Crippen LogP contribution in [0, 0.1) is 0 Å². The predicted octanol–water partition coefficient (Wildman–Crippen LogP) is 0.413. The summed E-state index contributed by atoms with van der Waals surface area (Å²) in [5, 5.41) is 8.49. The molecule has 2 nitrogen and oxygen atoms in total. The molecule has 0 bridgehead atoms. The topological polar surface area (TPSA) is 23.5 Å². The van der Waals surface area contributed by atoms with E-state index in [2.05, 4.69) is 0 Å². The zero-order chi connectivity index (χ0) is 7.61. The number of alkyl halides is 1. The number of hydrogen-bond donors (Lipinski definition) is 1. The minimum atomic E-state index is -0.913. The second-order valence-corrected chi connectivity index (χ2v) is 3.11. The van der Waals surface area contributed by atoms with Gasteiger partial charge in [0.2, 0.25) is 0 Å². The molecule has 0 spiro atoms. The fraction of sp³-hybridized carbons (Fsp3) is 1.00. The molecule has 1 saturated carbocycles. The van der Waals surface area contributed by atoms with Gasteiger partial charge in [0, 0.05) is 13.1 Å². The van der Waals surface area contributed by atoms with Crippen LogP contribution in [0.4, 0.5) is 4.39 Å². The SMILES string of the molecule is CN(CCO)CC1(F)CC1. The zero-order valence-corrected chi connectivity index (χ0v) is 6.31. The Morgan fingerprint density at radius 1 is 1.60 bits per heavy atom. The Bertz CT molecular complexity index is 114. The Hall–Kier alpha value is -0.150. The van der Waals surface area contributed by atoms with Gasteiger partial charge in [0.1, 0.15) is 5.67 Å². The lowest BCUT2D eigenvalue weighted by Gasteiger charge is -2.16. The lowest BCUT2D eigenvalue weighted by Crippen LogP contribution is -2.30. The van der Waals surface area contributed by atoms with Gasteiger partial charge in [0.25, 0.3) is 0 Å². The minimum absolute atomic E-state index is 0.118. The van der Waals surface area contributed by atoms with E-state index in [-0.39, 0.29) is 6.61 Å². The normalized spacial score (nSPS) is 21.6. The lowest BCUT2D eigenvalue weighted by atomic mass is 10.3. The summed E-state index contributed by atoms with van der Waals surface area (Å²) < 4.78 is 13.0. The standard InChI is InChI=1S/C7H14FNO/c1-9(4-5-10)6-7(8)2-3-7/h10H,2-6H2,1H3. The first-order chi connectivity index (χ1) is 4.66. The van der Waals surface area contributed by atoms with E-state index >= 15 is 0 Å². The molecular formula is C7H14FNO. The molecule has 60 valence electrons. The third kappa shape index (κ3) is 2.23. The molecule has 1 N–H and O–H groups in total. The fourth-order valence-electron chi connectivity index (χ4n) is 1.03. The predicted molar refractivity (Wildman–Crippen MR) is 37.7 cm³/mol. The van der Waals surface area contributed by atoms with Crippen LogP contribution < -0.4 is 0 Å². The first-order valence-corrected chi connectivity index (χ1v) is 3.65. The smallest absolute Gasteiger partial charge is 0.123 e. The summed E-state index contributed by atoms with van der Waals surface area (Å²) in [6.45, 7) is 1.17. The third-order valence-corrected chi connectivity index (χ3v) is 1.83. The van der Waals surface area contributed by atoms with Crippen LogP contribution in [0.15, 0.2) is 0 Å². The molecule has 0 aromatic rings. The molecule has 0 atom stereocenters. The molecule has 0 amide bonds. The van der Waals surface area contributed by atoms with Crippen molar-refractivity contribution >= 4 is 0 Å². The monoisotopic (exact) mass is 147 g/mol. The second-order valence-electron chi connectivity index (χ2n) is 3.11. The molecular weight excluding hydrogens is 133 g/mol. The molecule has 0 aromatic carbocycles. The van der Waals surface area contributed by atoms with Gasteiger partial charge in [0.05, 0.1) is 6.61 Å². The van der Waals surface area contributed by atoms with Crippen LogP contribution in [-0.4, -0.2) is 42.4 Å². The van der Waals surface area contributed by atoms with Crippen LogP contribution in [0.2, 0.25) is 0 Å². The fourth-order valence-corrected chi connectivity index (χ4v) is 1.03. The van der Waals surface area contributed by atoms with Gasteiger partial charge in [-0.25, -0.2) is 4.39 Å². The van der Waals surface area contributed by atoms with E-state index in [0.717, 1.165) is 0 Å². The molecule has 0 radical (unpaired) electrons. The summed E-state index contributed by atoms with van der Waals surface area (Å²) in [5.41, 5.74) is -0.913. The number of likely N-dealkylation sites (N-methyl/N-ethyl adjacent to an activating group) is 1. The van der Waals surface area contributed by atoms with Crippen molar-refractivity contribution in [2.24, 2.45) is 0 Å². The summed E-state index contributed by atoms with van der Waals surface area (Å²) in [5.74, 6) is 0. The molecule has 0 heterocycles. The van der Waals surface area contributed by atoms with Crippen LogP contribution in [-0.2, 0) is 0 Å². The van der Waals surface area contributed by atoms with Gasteiger partial charge in [-0.2, -0.15) is 0 Å². The van der Waals surface area contributed by atoms with Gasteiger partial charge in [-0.3, -0.25) is 0 Å². The van der Waals surface area contributed by atoms with Crippen LogP contribution in [0.1, 0.15) is 12.8 Å². The van der Waals surface area contributed by atoms with Gasteiger partial charge in [-0.05, 0) is 19.9 Å². The van der Waals surface area contributed by atoms with Crippen molar-refractivity contribution in [3.8, 4) is 0 Å². The molecule has 0 aromatic heterocycles. The van der Waals surface area contributed by atoms with Crippen molar-refractivity contribution in [1.29, 1.82) is 0 Å². The quantitative estimate of drug-likeness (QED) is 0.622. The maximum absolute atomic E-state index is 13.0. The highest BCUT2D eigenvalue weighted by Gasteiger charge is 2.43. The first-order valence-electron chi connectivity index (χ1n) is 3.65. The van der Waals surface area contributed by atoms with E-state index in [1.54, 1.807) is 0 Å². The van der Waals surface area contributed by atoms with E-state index in [1.165, 1.54) is 0 Å². The average Bonchev–Trinajstić information content (AvgIpc) is 2.48. The van der Waals surface area contributed by atoms with Crippen molar-refractivity contribution in [1.82, 2.24) is 4.90 Å². The number of rotatable bonds is 4. The van der Waals surface area contributed by atoms with E-state index in [9.17, 15) is 4.39 Å². The Balaban J connectivity index is 2.11. The number of nitrogens with zero attached hydrogens (tertiary/aromatic N) is 1. The van der Waals surface area contributed by atoms with Crippen LogP contribution >= 0.6 is 0 Å². The largest absolute Gasteiger partial charge is 0.395 e. The number of halogens is 1. The Labute approximate surface area is 60.6 Å².